The van der Waals surface area contributed by atoms with Crippen molar-refractivity contribution in [3.63, 3.8) is 0 Å². The third-order valence-electron chi connectivity index (χ3n) is 1.86. The van der Waals surface area contributed by atoms with Crippen LogP contribution in [0.15, 0.2) is 0 Å². The van der Waals surface area contributed by atoms with Crippen LogP contribution >= 0.6 is 0 Å². The van der Waals surface area contributed by atoms with E-state index in [1.165, 1.54) is 0 Å². The Morgan fingerprint density at radius 1 is 1.47 bits per heavy atom. The first-order chi connectivity index (χ1) is 6.85. The minimum atomic E-state index is -3.09. The van der Waals surface area contributed by atoms with Gasteiger partial charge in [0.15, 0.2) is 0 Å². The van der Waals surface area contributed by atoms with Crippen LogP contribution < -0.4 is 5.32 Å². The largest absolute Gasteiger partial charge is 0.391 e. The predicted molar refractivity (Wildman–Crippen MR) is 58.3 cm³/mol. The Hall–Kier alpha value is -0.620. The van der Waals surface area contributed by atoms with Crippen LogP contribution in [0.3, 0.4) is 0 Å². The Kier molecular flexibility index (Phi) is 6.51. The van der Waals surface area contributed by atoms with E-state index in [0.717, 1.165) is 12.7 Å². The zero-order valence-electron chi connectivity index (χ0n) is 9.19. The SMILES string of the molecule is CCCC(O)CNC(=O)CCS(C)(=O)=O. The fourth-order valence-electron chi connectivity index (χ4n) is 1.03. The van der Waals surface area contributed by atoms with Crippen molar-refractivity contribution in [1.82, 2.24) is 5.32 Å². The lowest BCUT2D eigenvalue weighted by atomic mass is 10.2. The molecule has 0 aromatic heterocycles. The van der Waals surface area contributed by atoms with Crippen molar-refractivity contribution in [1.29, 1.82) is 0 Å². The summed E-state index contributed by atoms with van der Waals surface area (Å²) in [6.07, 6.45) is 1.98. The zero-order chi connectivity index (χ0) is 11.9. The average molecular weight is 237 g/mol. The fourth-order valence-corrected chi connectivity index (χ4v) is 1.59. The van der Waals surface area contributed by atoms with Gasteiger partial charge in [0.05, 0.1) is 11.9 Å². The van der Waals surface area contributed by atoms with E-state index in [1.807, 2.05) is 6.92 Å². The van der Waals surface area contributed by atoms with Crippen molar-refractivity contribution in [3.8, 4) is 0 Å². The van der Waals surface area contributed by atoms with Gasteiger partial charge in [-0.2, -0.15) is 0 Å². The first-order valence-electron chi connectivity index (χ1n) is 4.97. The maximum absolute atomic E-state index is 11.1. The Morgan fingerprint density at radius 3 is 2.53 bits per heavy atom. The van der Waals surface area contributed by atoms with Gasteiger partial charge in [0, 0.05) is 19.2 Å². The van der Waals surface area contributed by atoms with Crippen LogP contribution in [0.1, 0.15) is 26.2 Å². The molecule has 1 amide bonds. The van der Waals surface area contributed by atoms with Gasteiger partial charge in [-0.1, -0.05) is 13.3 Å². The van der Waals surface area contributed by atoms with Crippen molar-refractivity contribution >= 4 is 15.7 Å². The van der Waals surface area contributed by atoms with Gasteiger partial charge in [0.25, 0.3) is 0 Å². The second kappa shape index (κ2) is 6.79. The van der Waals surface area contributed by atoms with E-state index in [2.05, 4.69) is 5.32 Å². The third-order valence-corrected chi connectivity index (χ3v) is 2.80. The van der Waals surface area contributed by atoms with Crippen LogP contribution in [0.4, 0.5) is 0 Å². The van der Waals surface area contributed by atoms with Gasteiger partial charge >= 0.3 is 0 Å². The van der Waals surface area contributed by atoms with Crippen molar-refractivity contribution < 1.29 is 18.3 Å². The molecular formula is C9H19NO4S. The Labute approximate surface area is 90.8 Å². The van der Waals surface area contributed by atoms with Gasteiger partial charge in [-0.3, -0.25) is 4.79 Å². The average Bonchev–Trinajstić information content (AvgIpc) is 2.11. The number of nitrogens with one attached hydrogen (secondary N) is 1. The van der Waals surface area contributed by atoms with Crippen LogP contribution in [0, 0.1) is 0 Å². The summed E-state index contributed by atoms with van der Waals surface area (Å²) in [7, 11) is -3.09. The van der Waals surface area contributed by atoms with Crippen molar-refractivity contribution in [2.75, 3.05) is 18.6 Å². The van der Waals surface area contributed by atoms with Gasteiger partial charge in [-0.25, -0.2) is 8.42 Å². The molecule has 6 heteroatoms. The van der Waals surface area contributed by atoms with E-state index in [0.29, 0.717) is 6.42 Å². The molecule has 0 rings (SSSR count). The summed E-state index contributed by atoms with van der Waals surface area (Å²) in [5.41, 5.74) is 0. The second-order valence-electron chi connectivity index (χ2n) is 3.63. The third kappa shape index (κ3) is 9.68. The van der Waals surface area contributed by atoms with E-state index in [4.69, 9.17) is 0 Å². The number of aliphatic hydroxyl groups excluding tert-OH is 1. The van der Waals surface area contributed by atoms with Gasteiger partial charge < -0.3 is 10.4 Å². The van der Waals surface area contributed by atoms with Gasteiger partial charge in [-0.05, 0) is 6.42 Å². The number of amides is 1. The van der Waals surface area contributed by atoms with Crippen LogP contribution in [0.25, 0.3) is 0 Å². The molecule has 15 heavy (non-hydrogen) atoms. The van der Waals surface area contributed by atoms with Gasteiger partial charge in [0.1, 0.15) is 9.84 Å². The highest BCUT2D eigenvalue weighted by Crippen LogP contribution is 1.94. The van der Waals surface area contributed by atoms with Gasteiger partial charge in [-0.15, -0.1) is 0 Å². The lowest BCUT2D eigenvalue weighted by molar-refractivity contribution is -0.121. The Bertz CT molecular complexity index is 286. The molecule has 0 aliphatic heterocycles. The molecule has 0 bridgehead atoms. The predicted octanol–water partition coefficient (Wildman–Crippen LogP) is -0.302. The number of carbonyl (C=O) groups excluding carboxylic acids is 1. The highest BCUT2D eigenvalue weighted by molar-refractivity contribution is 7.90. The first kappa shape index (κ1) is 14.4. The maximum atomic E-state index is 11.1. The number of carbonyl (C=O) groups is 1. The van der Waals surface area contributed by atoms with E-state index in [1.54, 1.807) is 0 Å². The van der Waals surface area contributed by atoms with E-state index < -0.39 is 15.9 Å². The molecule has 2 N–H and O–H groups in total. The Balaban J connectivity index is 3.67. The smallest absolute Gasteiger partial charge is 0.221 e. The molecule has 0 aromatic carbocycles. The van der Waals surface area contributed by atoms with Gasteiger partial charge in [0.2, 0.25) is 5.91 Å². The molecule has 0 aliphatic rings. The number of hydrogen-bond acceptors (Lipinski definition) is 4. The number of hydrogen-bond donors (Lipinski definition) is 2. The maximum Gasteiger partial charge on any atom is 0.221 e. The van der Waals surface area contributed by atoms with Crippen molar-refractivity contribution in [3.05, 3.63) is 0 Å². The standard InChI is InChI=1S/C9H19NO4S/c1-3-4-8(11)7-10-9(12)5-6-15(2,13)14/h8,11H,3-7H2,1-2H3,(H,10,12). The molecule has 0 heterocycles. The summed E-state index contributed by atoms with van der Waals surface area (Å²) in [5.74, 6) is -0.488. The van der Waals surface area contributed by atoms with Crippen molar-refractivity contribution in [2.45, 2.75) is 32.3 Å². The minimum Gasteiger partial charge on any atom is -0.391 e. The molecule has 0 spiro atoms. The molecule has 0 radical (unpaired) electrons. The van der Waals surface area contributed by atoms with E-state index >= 15 is 0 Å². The molecule has 1 atom stereocenters. The molecular weight excluding hydrogens is 218 g/mol. The highest BCUT2D eigenvalue weighted by atomic mass is 32.2. The summed E-state index contributed by atoms with van der Waals surface area (Å²) in [4.78, 5) is 11.1. The van der Waals surface area contributed by atoms with Crippen LogP contribution in [0.5, 0.6) is 0 Å². The van der Waals surface area contributed by atoms with Crippen LogP contribution in [-0.4, -0.2) is 44.1 Å². The summed E-state index contributed by atoms with van der Waals surface area (Å²) in [6.45, 7) is 2.13. The monoisotopic (exact) mass is 237 g/mol. The van der Waals surface area contributed by atoms with Crippen molar-refractivity contribution in [2.24, 2.45) is 0 Å². The number of sulfone groups is 1. The molecule has 0 aromatic rings. The zero-order valence-corrected chi connectivity index (χ0v) is 10.0. The molecule has 90 valence electrons. The lowest BCUT2D eigenvalue weighted by Gasteiger charge is -2.10. The summed E-state index contributed by atoms with van der Waals surface area (Å²) >= 11 is 0. The molecule has 0 saturated carbocycles. The van der Waals surface area contributed by atoms with E-state index in [-0.39, 0.29) is 24.6 Å². The summed E-state index contributed by atoms with van der Waals surface area (Å²) < 4.78 is 21.5. The number of rotatable bonds is 7. The molecule has 0 saturated heterocycles. The molecule has 1 unspecified atom stereocenters. The lowest BCUT2D eigenvalue weighted by Crippen LogP contribution is -2.32. The van der Waals surface area contributed by atoms with Crippen LogP contribution in [0.2, 0.25) is 0 Å². The topological polar surface area (TPSA) is 83.5 Å². The first-order valence-corrected chi connectivity index (χ1v) is 7.03. The fraction of sp³-hybridized carbons (Fsp3) is 0.889. The minimum absolute atomic E-state index is 0.0440. The van der Waals surface area contributed by atoms with Crippen LogP contribution in [-0.2, 0) is 14.6 Å². The highest BCUT2D eigenvalue weighted by Gasteiger charge is 2.09. The summed E-state index contributed by atoms with van der Waals surface area (Å²) in [5, 5.41) is 11.8. The molecule has 5 nitrogen and oxygen atoms in total. The second-order valence-corrected chi connectivity index (χ2v) is 5.89. The van der Waals surface area contributed by atoms with E-state index in [9.17, 15) is 18.3 Å². The quantitative estimate of drug-likeness (QED) is 0.636. The summed E-state index contributed by atoms with van der Waals surface area (Å²) in [6, 6.07) is 0. The molecule has 0 aliphatic carbocycles. The Morgan fingerprint density at radius 2 is 2.07 bits per heavy atom. The molecule has 0 fully saturated rings. The number of aliphatic hydroxyl groups is 1. The normalized spacial score (nSPS) is 13.5.